The zero-order valence-electron chi connectivity index (χ0n) is 13.7. The van der Waals surface area contributed by atoms with Gasteiger partial charge in [0, 0.05) is 25.7 Å². The molecule has 1 fully saturated rings. The molecule has 0 amide bonds. The Bertz CT molecular complexity index is 418. The first-order valence-electron chi connectivity index (χ1n) is 8.26. The van der Waals surface area contributed by atoms with Crippen molar-refractivity contribution < 1.29 is 4.74 Å². The van der Waals surface area contributed by atoms with Crippen LogP contribution in [0.4, 0.5) is 0 Å². The number of hydrogen-bond donors (Lipinski definition) is 1. The van der Waals surface area contributed by atoms with Crippen molar-refractivity contribution in [1.29, 1.82) is 0 Å². The van der Waals surface area contributed by atoms with Gasteiger partial charge in [-0.15, -0.1) is 0 Å². The summed E-state index contributed by atoms with van der Waals surface area (Å²) in [5.74, 6) is 2.57. The summed E-state index contributed by atoms with van der Waals surface area (Å²) in [7, 11) is 0. The van der Waals surface area contributed by atoms with Gasteiger partial charge in [0.25, 0.3) is 0 Å². The maximum absolute atomic E-state index is 5.82. The molecule has 1 aliphatic rings. The van der Waals surface area contributed by atoms with E-state index < -0.39 is 0 Å². The fourth-order valence-electron chi connectivity index (χ4n) is 3.31. The predicted molar refractivity (Wildman–Crippen MR) is 88.4 cm³/mol. The van der Waals surface area contributed by atoms with Gasteiger partial charge in [0.2, 0.25) is 0 Å². The van der Waals surface area contributed by atoms with Gasteiger partial charge in [0.05, 0.1) is 6.61 Å². The first-order chi connectivity index (χ1) is 10.1. The quantitative estimate of drug-likeness (QED) is 0.817. The van der Waals surface area contributed by atoms with Gasteiger partial charge in [-0.3, -0.25) is 0 Å². The van der Waals surface area contributed by atoms with Gasteiger partial charge in [0.15, 0.2) is 0 Å². The van der Waals surface area contributed by atoms with Gasteiger partial charge >= 0.3 is 0 Å². The summed E-state index contributed by atoms with van der Waals surface area (Å²) in [4.78, 5) is 2.62. The maximum Gasteiger partial charge on any atom is 0.119 e. The molecule has 1 saturated heterocycles. The average molecular weight is 290 g/mol. The lowest BCUT2D eigenvalue weighted by molar-refractivity contribution is 0.0746. The standard InChI is InChI=1S/C18H30N2O/c1-14-11-15(2)16(3)20(13-14)9-4-10-21-18-7-5-17(12-19)6-8-18/h5-8,14-16H,4,9-13,19H2,1-3H3. The molecule has 2 rings (SSSR count). The van der Waals surface area contributed by atoms with Crippen LogP contribution in [0.25, 0.3) is 0 Å². The van der Waals surface area contributed by atoms with E-state index in [0.717, 1.165) is 42.7 Å². The molecule has 1 aliphatic heterocycles. The number of nitrogens with zero attached hydrogens (tertiary/aromatic N) is 1. The first-order valence-corrected chi connectivity index (χ1v) is 8.26. The maximum atomic E-state index is 5.82. The summed E-state index contributed by atoms with van der Waals surface area (Å²) in [6.07, 6.45) is 2.45. The number of piperidine rings is 1. The summed E-state index contributed by atoms with van der Waals surface area (Å²) >= 11 is 0. The molecule has 0 radical (unpaired) electrons. The Morgan fingerprint density at radius 3 is 2.57 bits per heavy atom. The summed E-state index contributed by atoms with van der Waals surface area (Å²) in [5.41, 5.74) is 6.74. The van der Waals surface area contributed by atoms with E-state index in [1.807, 2.05) is 24.3 Å². The van der Waals surface area contributed by atoms with Crippen LogP contribution in [0.3, 0.4) is 0 Å². The van der Waals surface area contributed by atoms with Crippen molar-refractivity contribution in [3.05, 3.63) is 29.8 Å². The molecular formula is C18H30N2O. The molecule has 1 heterocycles. The molecule has 3 nitrogen and oxygen atoms in total. The third-order valence-electron chi connectivity index (χ3n) is 4.74. The van der Waals surface area contributed by atoms with E-state index in [1.165, 1.54) is 13.0 Å². The summed E-state index contributed by atoms with van der Waals surface area (Å²) in [6.45, 7) is 10.8. The number of nitrogens with two attached hydrogens (primary N) is 1. The summed E-state index contributed by atoms with van der Waals surface area (Å²) in [5, 5.41) is 0. The SMILES string of the molecule is CC1CC(C)C(C)N(CCCOc2ccc(CN)cc2)C1. The lowest BCUT2D eigenvalue weighted by atomic mass is 9.86. The second kappa shape index (κ2) is 7.81. The lowest BCUT2D eigenvalue weighted by Gasteiger charge is -2.41. The highest BCUT2D eigenvalue weighted by molar-refractivity contribution is 5.26. The van der Waals surface area contributed by atoms with Crippen LogP contribution in [0.5, 0.6) is 5.75 Å². The highest BCUT2D eigenvalue weighted by Crippen LogP contribution is 2.26. The van der Waals surface area contributed by atoms with Crippen LogP contribution in [-0.2, 0) is 6.54 Å². The van der Waals surface area contributed by atoms with Crippen molar-refractivity contribution in [3.8, 4) is 5.75 Å². The number of likely N-dealkylation sites (tertiary alicyclic amines) is 1. The van der Waals surface area contributed by atoms with Crippen molar-refractivity contribution in [2.24, 2.45) is 17.6 Å². The zero-order valence-corrected chi connectivity index (χ0v) is 13.7. The van der Waals surface area contributed by atoms with E-state index in [1.54, 1.807) is 0 Å². The van der Waals surface area contributed by atoms with Crippen molar-refractivity contribution in [2.45, 2.75) is 46.2 Å². The van der Waals surface area contributed by atoms with Gasteiger partial charge in [0.1, 0.15) is 5.75 Å². The van der Waals surface area contributed by atoms with Crippen LogP contribution in [0, 0.1) is 11.8 Å². The van der Waals surface area contributed by atoms with Crippen LogP contribution < -0.4 is 10.5 Å². The van der Waals surface area contributed by atoms with E-state index in [9.17, 15) is 0 Å². The van der Waals surface area contributed by atoms with Crippen molar-refractivity contribution >= 4 is 0 Å². The molecule has 0 saturated carbocycles. The Kier molecular flexibility index (Phi) is 6.07. The molecule has 0 spiro atoms. The number of rotatable bonds is 6. The van der Waals surface area contributed by atoms with Crippen molar-refractivity contribution in [3.63, 3.8) is 0 Å². The molecule has 3 heteroatoms. The lowest BCUT2D eigenvalue weighted by Crippen LogP contribution is -2.46. The monoisotopic (exact) mass is 290 g/mol. The topological polar surface area (TPSA) is 38.5 Å². The molecule has 3 atom stereocenters. The van der Waals surface area contributed by atoms with Crippen LogP contribution in [-0.4, -0.2) is 30.6 Å². The van der Waals surface area contributed by atoms with Gasteiger partial charge in [-0.25, -0.2) is 0 Å². The molecule has 2 N–H and O–H groups in total. The number of benzene rings is 1. The van der Waals surface area contributed by atoms with Gasteiger partial charge in [-0.05, 0) is 49.3 Å². The van der Waals surface area contributed by atoms with Crippen LogP contribution in [0.1, 0.15) is 39.2 Å². The molecule has 0 aliphatic carbocycles. The fourth-order valence-corrected chi connectivity index (χ4v) is 3.31. The Hall–Kier alpha value is -1.06. The van der Waals surface area contributed by atoms with Crippen LogP contribution in [0.15, 0.2) is 24.3 Å². The second-order valence-electron chi connectivity index (χ2n) is 6.60. The first kappa shape index (κ1) is 16.3. The van der Waals surface area contributed by atoms with Crippen LogP contribution >= 0.6 is 0 Å². The predicted octanol–water partition coefficient (Wildman–Crippen LogP) is 3.28. The van der Waals surface area contributed by atoms with Crippen molar-refractivity contribution in [2.75, 3.05) is 19.7 Å². The van der Waals surface area contributed by atoms with E-state index in [-0.39, 0.29) is 0 Å². The van der Waals surface area contributed by atoms with Gasteiger partial charge < -0.3 is 15.4 Å². The smallest absolute Gasteiger partial charge is 0.119 e. The normalized spacial score (nSPS) is 26.8. The molecule has 0 bridgehead atoms. The number of ether oxygens (including phenoxy) is 1. The van der Waals surface area contributed by atoms with Crippen molar-refractivity contribution in [1.82, 2.24) is 4.90 Å². The summed E-state index contributed by atoms with van der Waals surface area (Å²) < 4.78 is 5.82. The van der Waals surface area contributed by atoms with Crippen LogP contribution in [0.2, 0.25) is 0 Å². The Balaban J connectivity index is 1.71. The molecule has 3 unspecified atom stereocenters. The second-order valence-corrected chi connectivity index (χ2v) is 6.60. The third-order valence-corrected chi connectivity index (χ3v) is 4.74. The molecule has 0 aromatic heterocycles. The highest BCUT2D eigenvalue weighted by Gasteiger charge is 2.27. The van der Waals surface area contributed by atoms with E-state index in [0.29, 0.717) is 12.6 Å². The molecule has 118 valence electrons. The van der Waals surface area contributed by atoms with Gasteiger partial charge in [-0.1, -0.05) is 26.0 Å². The average Bonchev–Trinajstić information content (AvgIpc) is 2.49. The minimum absolute atomic E-state index is 0.587. The summed E-state index contributed by atoms with van der Waals surface area (Å²) in [6, 6.07) is 8.78. The third kappa shape index (κ3) is 4.72. The molecule has 1 aromatic carbocycles. The molecule has 1 aromatic rings. The van der Waals surface area contributed by atoms with Gasteiger partial charge in [-0.2, -0.15) is 0 Å². The fraction of sp³-hybridized carbons (Fsp3) is 0.667. The highest BCUT2D eigenvalue weighted by atomic mass is 16.5. The Morgan fingerprint density at radius 1 is 1.19 bits per heavy atom. The van der Waals surface area contributed by atoms with E-state index >= 15 is 0 Å². The van der Waals surface area contributed by atoms with E-state index in [2.05, 4.69) is 25.7 Å². The Labute approximate surface area is 129 Å². The minimum Gasteiger partial charge on any atom is -0.494 e. The Morgan fingerprint density at radius 2 is 1.90 bits per heavy atom. The largest absolute Gasteiger partial charge is 0.494 e. The van der Waals surface area contributed by atoms with E-state index in [4.69, 9.17) is 10.5 Å². The molecule has 21 heavy (non-hydrogen) atoms. The zero-order chi connectivity index (χ0) is 15.2. The molecular weight excluding hydrogens is 260 g/mol. The number of hydrogen-bond acceptors (Lipinski definition) is 3. The minimum atomic E-state index is 0.587.